The minimum absolute atomic E-state index is 0.134. The Labute approximate surface area is 102 Å². The van der Waals surface area contributed by atoms with Crippen LogP contribution in [0.1, 0.15) is 29.9 Å². The zero-order valence-electron chi connectivity index (χ0n) is 8.84. The summed E-state index contributed by atoms with van der Waals surface area (Å²) in [7, 11) is 0. The summed E-state index contributed by atoms with van der Waals surface area (Å²) in [6.45, 7) is 1.29. The molecule has 1 atom stereocenters. The second-order valence-corrected chi connectivity index (χ2v) is 4.52. The highest BCUT2D eigenvalue weighted by Gasteiger charge is 2.24. The molecule has 0 spiro atoms. The van der Waals surface area contributed by atoms with E-state index < -0.39 is 11.8 Å². The predicted molar refractivity (Wildman–Crippen MR) is 62.5 cm³/mol. The van der Waals surface area contributed by atoms with E-state index in [2.05, 4.69) is 0 Å². The number of benzene rings is 1. The van der Waals surface area contributed by atoms with Crippen molar-refractivity contribution in [3.05, 3.63) is 29.3 Å². The van der Waals surface area contributed by atoms with Crippen LogP contribution in [0, 0.1) is 0 Å². The van der Waals surface area contributed by atoms with Gasteiger partial charge in [-0.1, -0.05) is 12.1 Å². The molecule has 1 aromatic rings. The fourth-order valence-corrected chi connectivity index (χ4v) is 2.24. The Kier molecular flexibility index (Phi) is 4.74. The first-order chi connectivity index (χ1) is 7.49. The van der Waals surface area contributed by atoms with E-state index in [1.165, 1.54) is 24.8 Å². The molecule has 1 nitrogen and oxygen atoms in total. The van der Waals surface area contributed by atoms with Crippen molar-refractivity contribution in [3.63, 3.8) is 0 Å². The summed E-state index contributed by atoms with van der Waals surface area (Å²) < 4.78 is 25.8. The molecule has 0 heterocycles. The fraction of sp³-hybridized carbons (Fsp3) is 0.364. The third-order valence-corrected chi connectivity index (χ3v) is 3.51. The van der Waals surface area contributed by atoms with Gasteiger partial charge in [-0.05, 0) is 24.8 Å². The van der Waals surface area contributed by atoms with Crippen LogP contribution in [0.3, 0.4) is 0 Å². The van der Waals surface area contributed by atoms with Crippen LogP contribution in [0.5, 0.6) is 0 Å². The molecule has 1 aromatic carbocycles. The monoisotopic (exact) mass is 264 g/mol. The largest absolute Gasteiger partial charge is 0.298 e. The van der Waals surface area contributed by atoms with Crippen molar-refractivity contribution >= 4 is 29.1 Å². The average Bonchev–Trinajstić information content (AvgIpc) is 2.26. The standard InChI is InChI=1S/C11H11ClF2OS/c1-6(15)10(12)7-4-3-5-8(16-2)9(7)11(13)14/h3-5,10-11H,1-2H3. The van der Waals surface area contributed by atoms with Gasteiger partial charge in [0.05, 0.1) is 0 Å². The van der Waals surface area contributed by atoms with Gasteiger partial charge in [-0.3, -0.25) is 4.79 Å². The number of hydrogen-bond acceptors (Lipinski definition) is 2. The van der Waals surface area contributed by atoms with Gasteiger partial charge in [0.25, 0.3) is 6.43 Å². The van der Waals surface area contributed by atoms with Crippen molar-refractivity contribution < 1.29 is 13.6 Å². The molecule has 16 heavy (non-hydrogen) atoms. The molecule has 0 aliphatic carbocycles. The van der Waals surface area contributed by atoms with Crippen LogP contribution in [-0.2, 0) is 4.79 Å². The Hall–Kier alpha value is -0.610. The van der Waals surface area contributed by atoms with Gasteiger partial charge >= 0.3 is 0 Å². The highest BCUT2D eigenvalue weighted by Crippen LogP contribution is 2.37. The molecule has 88 valence electrons. The van der Waals surface area contributed by atoms with E-state index in [4.69, 9.17) is 11.6 Å². The molecule has 1 unspecified atom stereocenters. The van der Waals surface area contributed by atoms with Gasteiger partial charge in [0, 0.05) is 10.5 Å². The Balaban J connectivity index is 3.32. The Morgan fingerprint density at radius 1 is 1.44 bits per heavy atom. The summed E-state index contributed by atoms with van der Waals surface area (Å²) in [5, 5.41) is -1.00. The molecule has 1 rings (SSSR count). The lowest BCUT2D eigenvalue weighted by Crippen LogP contribution is -2.06. The van der Waals surface area contributed by atoms with E-state index in [0.29, 0.717) is 4.90 Å². The molecule has 0 N–H and O–H groups in total. The lowest BCUT2D eigenvalue weighted by Gasteiger charge is -2.15. The number of rotatable bonds is 4. The molecule has 0 amide bonds. The van der Waals surface area contributed by atoms with Gasteiger partial charge in [-0.15, -0.1) is 23.4 Å². The van der Waals surface area contributed by atoms with E-state index in [-0.39, 0.29) is 16.9 Å². The number of Topliss-reactive ketones (excluding diaryl/α,β-unsaturated/α-hetero) is 1. The minimum Gasteiger partial charge on any atom is -0.298 e. The van der Waals surface area contributed by atoms with Crippen molar-refractivity contribution in [2.45, 2.75) is 23.6 Å². The number of carbonyl (C=O) groups is 1. The second kappa shape index (κ2) is 5.64. The molecule has 0 aliphatic rings. The van der Waals surface area contributed by atoms with Gasteiger partial charge in [0.1, 0.15) is 5.38 Å². The molecule has 0 aromatic heterocycles. The molecule has 0 bridgehead atoms. The van der Waals surface area contributed by atoms with Crippen molar-refractivity contribution in [1.29, 1.82) is 0 Å². The van der Waals surface area contributed by atoms with E-state index >= 15 is 0 Å². The summed E-state index contributed by atoms with van der Waals surface area (Å²) in [6.07, 6.45) is -0.915. The lowest BCUT2D eigenvalue weighted by atomic mass is 10.0. The Bertz CT molecular complexity index is 396. The lowest BCUT2D eigenvalue weighted by molar-refractivity contribution is -0.116. The van der Waals surface area contributed by atoms with Gasteiger partial charge in [-0.25, -0.2) is 8.78 Å². The number of thioether (sulfide) groups is 1. The number of ketones is 1. The first-order valence-corrected chi connectivity index (χ1v) is 6.24. The molecule has 5 heteroatoms. The normalized spacial score (nSPS) is 12.9. The molecule has 0 fully saturated rings. The van der Waals surface area contributed by atoms with Gasteiger partial charge in [-0.2, -0.15) is 0 Å². The van der Waals surface area contributed by atoms with Crippen LogP contribution in [0.15, 0.2) is 23.1 Å². The highest BCUT2D eigenvalue weighted by atomic mass is 35.5. The van der Waals surface area contributed by atoms with Crippen molar-refractivity contribution in [3.8, 4) is 0 Å². The maximum atomic E-state index is 12.9. The van der Waals surface area contributed by atoms with Gasteiger partial charge in [0.15, 0.2) is 5.78 Å². The first-order valence-electron chi connectivity index (χ1n) is 4.58. The molecule has 0 saturated heterocycles. The SMILES string of the molecule is CSc1cccc(C(Cl)C(C)=O)c1C(F)F. The number of alkyl halides is 3. The van der Waals surface area contributed by atoms with Crippen LogP contribution in [0.4, 0.5) is 8.78 Å². The summed E-state index contributed by atoms with van der Waals surface area (Å²) >= 11 is 7.04. The van der Waals surface area contributed by atoms with Crippen molar-refractivity contribution in [1.82, 2.24) is 0 Å². The Morgan fingerprint density at radius 3 is 2.50 bits per heavy atom. The average molecular weight is 265 g/mol. The number of carbonyl (C=O) groups excluding carboxylic acids is 1. The summed E-state index contributed by atoms with van der Waals surface area (Å²) in [5.74, 6) is -0.332. The summed E-state index contributed by atoms with van der Waals surface area (Å²) in [5.41, 5.74) is 0.0706. The first kappa shape index (κ1) is 13.5. The third-order valence-electron chi connectivity index (χ3n) is 2.17. The maximum Gasteiger partial charge on any atom is 0.265 e. The van der Waals surface area contributed by atoms with Crippen LogP contribution in [-0.4, -0.2) is 12.0 Å². The maximum absolute atomic E-state index is 12.9. The topological polar surface area (TPSA) is 17.1 Å². The van der Waals surface area contributed by atoms with Crippen LogP contribution in [0.2, 0.25) is 0 Å². The zero-order valence-corrected chi connectivity index (χ0v) is 10.4. The number of hydrogen-bond donors (Lipinski definition) is 0. The van der Waals surface area contributed by atoms with E-state index in [0.717, 1.165) is 0 Å². The molecule has 0 aliphatic heterocycles. The van der Waals surface area contributed by atoms with E-state index in [1.54, 1.807) is 18.4 Å². The molecular weight excluding hydrogens is 254 g/mol. The molecule has 0 radical (unpaired) electrons. The molecular formula is C11H11ClF2OS. The predicted octanol–water partition coefficient (Wildman–Crippen LogP) is 4.22. The fourth-order valence-electron chi connectivity index (χ4n) is 1.41. The number of halogens is 3. The smallest absolute Gasteiger partial charge is 0.265 e. The van der Waals surface area contributed by atoms with Crippen LogP contribution in [0.25, 0.3) is 0 Å². The third kappa shape index (κ3) is 2.74. The minimum atomic E-state index is -2.63. The molecule has 0 saturated carbocycles. The highest BCUT2D eigenvalue weighted by molar-refractivity contribution is 7.98. The van der Waals surface area contributed by atoms with E-state index in [9.17, 15) is 13.6 Å². The van der Waals surface area contributed by atoms with Crippen molar-refractivity contribution in [2.24, 2.45) is 0 Å². The van der Waals surface area contributed by atoms with Crippen LogP contribution >= 0.6 is 23.4 Å². The summed E-state index contributed by atoms with van der Waals surface area (Å²) in [4.78, 5) is 11.6. The summed E-state index contributed by atoms with van der Waals surface area (Å²) in [6, 6.07) is 4.70. The van der Waals surface area contributed by atoms with E-state index in [1.807, 2.05) is 0 Å². The van der Waals surface area contributed by atoms with Gasteiger partial charge in [0.2, 0.25) is 0 Å². The van der Waals surface area contributed by atoms with Gasteiger partial charge < -0.3 is 0 Å². The second-order valence-electron chi connectivity index (χ2n) is 3.24. The zero-order chi connectivity index (χ0) is 12.3. The van der Waals surface area contributed by atoms with Crippen LogP contribution < -0.4 is 0 Å². The quantitative estimate of drug-likeness (QED) is 0.598. The Morgan fingerprint density at radius 2 is 2.06 bits per heavy atom. The van der Waals surface area contributed by atoms with Crippen molar-refractivity contribution in [2.75, 3.05) is 6.26 Å².